The Bertz CT molecular complexity index is 1780. The van der Waals surface area contributed by atoms with Crippen LogP contribution >= 0.6 is 0 Å². The number of rotatable bonds is 10. The summed E-state index contributed by atoms with van der Waals surface area (Å²) in [6, 6.07) is 13.8. The number of nitro groups is 1. The number of amides is 1. The summed E-state index contributed by atoms with van der Waals surface area (Å²) in [7, 11) is -1.42. The van der Waals surface area contributed by atoms with E-state index in [1.165, 1.54) is 43.1 Å². The number of sulfonamides is 1. The topological polar surface area (TPSA) is 201 Å². The van der Waals surface area contributed by atoms with E-state index < -0.39 is 32.4 Å². The first-order valence-corrected chi connectivity index (χ1v) is 15.1. The monoisotopic (exact) mass is 642 g/mol. The van der Waals surface area contributed by atoms with Crippen LogP contribution in [0.15, 0.2) is 59.0 Å². The third-order valence-electron chi connectivity index (χ3n) is 7.08. The number of aliphatic hydroxyl groups excluding tert-OH is 1. The molecule has 2 aromatic heterocycles. The van der Waals surface area contributed by atoms with Gasteiger partial charge in [0.15, 0.2) is 5.76 Å². The number of likely N-dealkylation sites (tertiary alicyclic amines) is 1. The summed E-state index contributed by atoms with van der Waals surface area (Å²) in [5.74, 6) is 1.49. The SMILES string of the molecule is COc1cccc(OC)c1-n1c(NS(=O)(=O)[C@H]2C[C@@H](O)CN(C(=O)OCc3ccc([N+](=O)[O-])cc3)C2)nnc1-c1ccc(C)o1. The predicted molar refractivity (Wildman–Crippen MR) is 159 cm³/mol. The lowest BCUT2D eigenvalue weighted by Crippen LogP contribution is -2.52. The van der Waals surface area contributed by atoms with Crippen molar-refractivity contribution in [2.75, 3.05) is 32.0 Å². The number of nitrogens with zero attached hydrogens (tertiary/aromatic N) is 5. The summed E-state index contributed by atoms with van der Waals surface area (Å²) in [6.45, 7) is 1.09. The van der Waals surface area contributed by atoms with Gasteiger partial charge >= 0.3 is 6.09 Å². The molecule has 16 nitrogen and oxygen atoms in total. The Hall–Kier alpha value is -5.16. The van der Waals surface area contributed by atoms with Crippen molar-refractivity contribution in [1.82, 2.24) is 19.7 Å². The van der Waals surface area contributed by atoms with Crippen molar-refractivity contribution in [2.24, 2.45) is 0 Å². The summed E-state index contributed by atoms with van der Waals surface area (Å²) in [4.78, 5) is 24.3. The highest BCUT2D eigenvalue weighted by atomic mass is 32.2. The van der Waals surface area contributed by atoms with Gasteiger partial charge in [-0.05, 0) is 55.3 Å². The number of carbonyl (C=O) groups is 1. The number of carbonyl (C=O) groups excluding carboxylic acids is 1. The van der Waals surface area contributed by atoms with E-state index in [-0.39, 0.29) is 43.6 Å². The number of hydrogen-bond acceptors (Lipinski definition) is 12. The highest BCUT2D eigenvalue weighted by molar-refractivity contribution is 7.93. The number of furan rings is 1. The van der Waals surface area contributed by atoms with E-state index in [0.29, 0.717) is 34.3 Å². The molecule has 0 radical (unpaired) electrons. The number of anilines is 1. The fourth-order valence-corrected chi connectivity index (χ4v) is 6.30. The largest absolute Gasteiger partial charge is 0.494 e. The van der Waals surface area contributed by atoms with Gasteiger partial charge < -0.3 is 28.6 Å². The van der Waals surface area contributed by atoms with Gasteiger partial charge in [-0.3, -0.25) is 19.4 Å². The average Bonchev–Trinajstić information content (AvgIpc) is 3.64. The molecule has 1 aliphatic rings. The molecule has 1 fully saturated rings. The summed E-state index contributed by atoms with van der Waals surface area (Å²) >= 11 is 0. The van der Waals surface area contributed by atoms with E-state index in [1.54, 1.807) is 37.3 Å². The normalized spacial score (nSPS) is 16.7. The van der Waals surface area contributed by atoms with Gasteiger partial charge in [-0.15, -0.1) is 10.2 Å². The first-order valence-electron chi connectivity index (χ1n) is 13.6. The van der Waals surface area contributed by atoms with Crippen LogP contribution in [-0.4, -0.2) is 82.9 Å². The molecule has 5 rings (SSSR count). The molecule has 4 aromatic rings. The van der Waals surface area contributed by atoms with Crippen LogP contribution in [0.5, 0.6) is 11.5 Å². The number of aromatic nitrogens is 3. The summed E-state index contributed by atoms with van der Waals surface area (Å²) in [5, 5.41) is 28.4. The molecule has 45 heavy (non-hydrogen) atoms. The zero-order valence-corrected chi connectivity index (χ0v) is 25.3. The minimum Gasteiger partial charge on any atom is -0.494 e. The minimum atomic E-state index is -4.31. The van der Waals surface area contributed by atoms with E-state index >= 15 is 0 Å². The molecule has 17 heteroatoms. The van der Waals surface area contributed by atoms with E-state index in [9.17, 15) is 28.4 Å². The molecule has 2 atom stereocenters. The predicted octanol–water partition coefficient (Wildman–Crippen LogP) is 3.27. The quantitative estimate of drug-likeness (QED) is 0.189. The number of methoxy groups -OCH3 is 2. The van der Waals surface area contributed by atoms with E-state index in [0.717, 1.165) is 4.90 Å². The summed E-state index contributed by atoms with van der Waals surface area (Å²) in [5.41, 5.74) is 0.677. The van der Waals surface area contributed by atoms with Crippen molar-refractivity contribution in [1.29, 1.82) is 0 Å². The maximum atomic E-state index is 13.8. The van der Waals surface area contributed by atoms with Gasteiger partial charge in [-0.25, -0.2) is 13.2 Å². The molecule has 0 aliphatic carbocycles. The Balaban J connectivity index is 1.40. The van der Waals surface area contributed by atoms with Crippen LogP contribution in [-0.2, 0) is 21.4 Å². The third-order valence-corrected chi connectivity index (χ3v) is 8.77. The van der Waals surface area contributed by atoms with Crippen molar-refractivity contribution in [3.05, 3.63) is 76.0 Å². The smallest absolute Gasteiger partial charge is 0.410 e. The number of nitro benzene ring substituents is 1. The molecular weight excluding hydrogens is 612 g/mol. The Morgan fingerprint density at radius 3 is 2.38 bits per heavy atom. The van der Waals surface area contributed by atoms with Crippen molar-refractivity contribution >= 4 is 27.8 Å². The van der Waals surface area contributed by atoms with Crippen molar-refractivity contribution in [2.45, 2.75) is 31.3 Å². The van der Waals surface area contributed by atoms with Gasteiger partial charge in [0, 0.05) is 18.7 Å². The van der Waals surface area contributed by atoms with Gasteiger partial charge in [-0.2, -0.15) is 0 Å². The molecule has 0 spiro atoms. The highest BCUT2D eigenvalue weighted by Gasteiger charge is 2.39. The molecule has 1 saturated heterocycles. The van der Waals surface area contributed by atoms with Crippen molar-refractivity contribution in [3.8, 4) is 28.8 Å². The molecule has 3 heterocycles. The zero-order valence-electron chi connectivity index (χ0n) is 24.4. The maximum Gasteiger partial charge on any atom is 0.410 e. The summed E-state index contributed by atoms with van der Waals surface area (Å²) in [6.07, 6.45) is -2.19. The van der Waals surface area contributed by atoms with Crippen LogP contribution in [0.2, 0.25) is 0 Å². The second kappa shape index (κ2) is 12.8. The Morgan fingerprint density at radius 1 is 1.09 bits per heavy atom. The van der Waals surface area contributed by atoms with Gasteiger partial charge in [0.2, 0.25) is 21.8 Å². The van der Waals surface area contributed by atoms with Crippen LogP contribution in [0, 0.1) is 17.0 Å². The second-order valence-corrected chi connectivity index (χ2v) is 12.1. The van der Waals surface area contributed by atoms with Gasteiger partial charge in [0.05, 0.1) is 31.8 Å². The van der Waals surface area contributed by atoms with Crippen molar-refractivity contribution < 1.29 is 41.9 Å². The number of ether oxygens (including phenoxy) is 3. The first kappa shape index (κ1) is 31.3. The number of hydrogen-bond donors (Lipinski definition) is 2. The third kappa shape index (κ3) is 6.68. The fourth-order valence-electron chi connectivity index (χ4n) is 4.89. The fraction of sp³-hybridized carbons (Fsp3) is 0.321. The van der Waals surface area contributed by atoms with Crippen molar-refractivity contribution in [3.63, 3.8) is 0 Å². The molecule has 2 N–H and O–H groups in total. The van der Waals surface area contributed by atoms with Crippen LogP contribution in [0.1, 0.15) is 17.7 Å². The molecule has 1 amide bonds. The highest BCUT2D eigenvalue weighted by Crippen LogP contribution is 2.38. The number of nitrogens with one attached hydrogen (secondary N) is 1. The second-order valence-electron chi connectivity index (χ2n) is 10.1. The number of aliphatic hydroxyl groups is 1. The summed E-state index contributed by atoms with van der Waals surface area (Å²) < 4.78 is 53.5. The Labute approximate surface area is 257 Å². The molecule has 2 aromatic carbocycles. The zero-order chi connectivity index (χ0) is 32.3. The standard InChI is InChI=1S/C28H30N6O10S/c1-17-7-12-24(44-17)26-29-30-27(33(26)25-22(41-2)5-4-6-23(25)42-3)31-45(39,40)21-13-20(35)14-32(15-21)28(36)43-16-18-8-10-19(11-9-18)34(37)38/h4-12,20-21,35H,13-16H2,1-3H3,(H,30,31)/t20-,21+/m1/s1. The van der Waals surface area contributed by atoms with Crippen LogP contribution in [0.25, 0.3) is 17.3 Å². The van der Waals surface area contributed by atoms with Gasteiger partial charge in [0.1, 0.15) is 34.8 Å². The number of piperidine rings is 1. The molecular formula is C28H30N6O10S. The Kier molecular flexibility index (Phi) is 8.92. The van der Waals surface area contributed by atoms with Crippen LogP contribution in [0.4, 0.5) is 16.4 Å². The lowest BCUT2D eigenvalue weighted by atomic mass is 10.1. The first-order chi connectivity index (χ1) is 21.5. The number of para-hydroxylation sites is 1. The number of aryl methyl sites for hydroxylation is 1. The number of non-ortho nitro benzene ring substituents is 1. The lowest BCUT2D eigenvalue weighted by molar-refractivity contribution is -0.384. The number of β-amino-alcohol motifs (C(OH)–C–C–N with tert-alkyl or cyclic N) is 1. The van der Waals surface area contributed by atoms with Crippen LogP contribution < -0.4 is 14.2 Å². The maximum absolute atomic E-state index is 13.8. The minimum absolute atomic E-state index is 0.115. The molecule has 238 valence electrons. The van der Waals surface area contributed by atoms with E-state index in [2.05, 4.69) is 14.9 Å². The molecule has 1 aliphatic heterocycles. The van der Waals surface area contributed by atoms with Crippen LogP contribution in [0.3, 0.4) is 0 Å². The molecule has 0 bridgehead atoms. The van der Waals surface area contributed by atoms with Gasteiger partial charge in [0.25, 0.3) is 5.69 Å². The van der Waals surface area contributed by atoms with Gasteiger partial charge in [-0.1, -0.05) is 6.07 Å². The van der Waals surface area contributed by atoms with E-state index in [4.69, 9.17) is 18.6 Å². The molecule has 0 saturated carbocycles. The Morgan fingerprint density at radius 2 is 1.78 bits per heavy atom. The lowest BCUT2D eigenvalue weighted by Gasteiger charge is -2.34. The number of benzene rings is 2. The molecule has 0 unspecified atom stereocenters. The average molecular weight is 643 g/mol. The van der Waals surface area contributed by atoms with E-state index in [1.807, 2.05) is 0 Å².